The molecule has 0 unspecified atom stereocenters. The van der Waals surface area contributed by atoms with Crippen molar-refractivity contribution in [1.29, 1.82) is 0 Å². The second-order valence-corrected chi connectivity index (χ2v) is 6.12. The molecule has 0 spiro atoms. The van der Waals surface area contributed by atoms with Gasteiger partial charge < -0.3 is 15.0 Å². The van der Waals surface area contributed by atoms with Crippen LogP contribution in [0.2, 0.25) is 5.02 Å². The van der Waals surface area contributed by atoms with Crippen LogP contribution in [0.5, 0.6) is 5.75 Å². The number of anilines is 1. The predicted octanol–water partition coefficient (Wildman–Crippen LogP) is 3.12. The summed E-state index contributed by atoms with van der Waals surface area (Å²) in [5.41, 5.74) is 0.945. The number of hydrogen-bond acceptors (Lipinski definition) is 3. The van der Waals surface area contributed by atoms with Gasteiger partial charge in [0.15, 0.2) is 0 Å². The Morgan fingerprint density at radius 2 is 2.16 bits per heavy atom. The minimum absolute atomic E-state index is 0.135. The number of ether oxygens (including phenoxy) is 1. The molecular weight excluding hydrogens is 347 g/mol. The molecule has 0 fully saturated rings. The van der Waals surface area contributed by atoms with E-state index in [9.17, 15) is 14.0 Å². The molecule has 0 radical (unpaired) electrons. The largest absolute Gasteiger partial charge is 0.491 e. The molecule has 1 aliphatic heterocycles. The lowest BCUT2D eigenvalue weighted by molar-refractivity contribution is -0.115. The van der Waals surface area contributed by atoms with Gasteiger partial charge in [0.2, 0.25) is 5.91 Å². The Morgan fingerprint density at radius 3 is 2.92 bits per heavy atom. The van der Waals surface area contributed by atoms with Gasteiger partial charge in [-0.15, -0.1) is 0 Å². The summed E-state index contributed by atoms with van der Waals surface area (Å²) in [5, 5.41) is 2.86. The molecular formula is C18H16ClFN2O3. The van der Waals surface area contributed by atoms with Gasteiger partial charge in [-0.3, -0.25) is 9.59 Å². The smallest absolute Gasteiger partial charge is 0.257 e. The number of rotatable bonds is 3. The Morgan fingerprint density at radius 1 is 1.36 bits per heavy atom. The summed E-state index contributed by atoms with van der Waals surface area (Å²) < 4.78 is 19.3. The van der Waals surface area contributed by atoms with E-state index in [1.165, 1.54) is 18.2 Å². The van der Waals surface area contributed by atoms with E-state index in [1.54, 1.807) is 30.1 Å². The molecule has 2 aromatic carbocycles. The highest BCUT2D eigenvalue weighted by atomic mass is 35.5. The number of likely N-dealkylation sites (N-methyl/N-ethyl adjacent to an activating group) is 1. The second-order valence-electron chi connectivity index (χ2n) is 5.71. The fourth-order valence-corrected chi connectivity index (χ4v) is 2.80. The van der Waals surface area contributed by atoms with Gasteiger partial charge in [0, 0.05) is 23.3 Å². The van der Waals surface area contributed by atoms with E-state index < -0.39 is 11.7 Å². The first kappa shape index (κ1) is 17.2. The van der Waals surface area contributed by atoms with Gasteiger partial charge in [-0.25, -0.2) is 4.39 Å². The molecule has 2 amide bonds. The number of amides is 2. The van der Waals surface area contributed by atoms with E-state index in [2.05, 4.69) is 5.32 Å². The summed E-state index contributed by atoms with van der Waals surface area (Å²) in [6.45, 7) is 0.897. The summed E-state index contributed by atoms with van der Waals surface area (Å²) in [7, 11) is 1.69. The number of halogens is 2. The summed E-state index contributed by atoms with van der Waals surface area (Å²) >= 11 is 5.94. The number of benzene rings is 2. The fraction of sp³-hybridized carbons (Fsp3) is 0.222. The minimum atomic E-state index is -0.533. The highest BCUT2D eigenvalue weighted by molar-refractivity contribution is 6.31. The van der Waals surface area contributed by atoms with Crippen LogP contribution in [0.3, 0.4) is 0 Å². The summed E-state index contributed by atoms with van der Waals surface area (Å²) in [4.78, 5) is 26.1. The molecule has 2 aromatic rings. The van der Waals surface area contributed by atoms with E-state index in [-0.39, 0.29) is 22.9 Å². The Kier molecular flexibility index (Phi) is 4.90. The molecule has 0 bridgehead atoms. The van der Waals surface area contributed by atoms with Crippen molar-refractivity contribution in [2.45, 2.75) is 6.42 Å². The molecule has 130 valence electrons. The number of nitrogens with zero attached hydrogens (tertiary/aromatic N) is 1. The van der Waals surface area contributed by atoms with Gasteiger partial charge in [-0.05, 0) is 30.3 Å². The third-order valence-electron chi connectivity index (χ3n) is 3.92. The van der Waals surface area contributed by atoms with Gasteiger partial charge in [-0.1, -0.05) is 17.7 Å². The molecule has 0 atom stereocenters. The van der Waals surface area contributed by atoms with Gasteiger partial charge in [-0.2, -0.15) is 0 Å². The minimum Gasteiger partial charge on any atom is -0.491 e. The maximum atomic E-state index is 13.8. The van der Waals surface area contributed by atoms with Gasteiger partial charge in [0.1, 0.15) is 18.2 Å². The zero-order valence-corrected chi connectivity index (χ0v) is 14.3. The van der Waals surface area contributed by atoms with Crippen LogP contribution in [0.4, 0.5) is 10.1 Å². The first-order valence-electron chi connectivity index (χ1n) is 7.71. The standard InChI is InChI=1S/C18H16ClFN2O3/c1-22-7-8-25-16-6-5-11(9-13(16)18(22)24)21-17(23)10-12-14(19)3-2-4-15(12)20/h2-6,9H,7-8,10H2,1H3,(H,21,23). The third kappa shape index (κ3) is 3.74. The first-order valence-corrected chi connectivity index (χ1v) is 8.08. The number of hydrogen-bond donors (Lipinski definition) is 1. The Balaban J connectivity index is 1.78. The van der Waals surface area contributed by atoms with Crippen molar-refractivity contribution < 1.29 is 18.7 Å². The molecule has 0 aromatic heterocycles. The number of fused-ring (bicyclic) bond motifs is 1. The van der Waals surface area contributed by atoms with Gasteiger partial charge in [0.05, 0.1) is 18.5 Å². The number of carbonyl (C=O) groups excluding carboxylic acids is 2. The highest BCUT2D eigenvalue weighted by Gasteiger charge is 2.21. The lowest BCUT2D eigenvalue weighted by Crippen LogP contribution is -2.27. The van der Waals surface area contributed by atoms with Gasteiger partial charge in [0.25, 0.3) is 5.91 Å². The summed E-state index contributed by atoms with van der Waals surface area (Å²) in [6.07, 6.45) is -0.201. The second kappa shape index (κ2) is 7.11. The normalized spacial score (nSPS) is 13.7. The lowest BCUT2D eigenvalue weighted by Gasteiger charge is -2.13. The molecule has 3 rings (SSSR count). The zero-order valence-electron chi connectivity index (χ0n) is 13.5. The Labute approximate surface area is 149 Å². The molecule has 0 saturated carbocycles. The maximum absolute atomic E-state index is 13.8. The van der Waals surface area contributed by atoms with Crippen molar-refractivity contribution in [3.8, 4) is 5.75 Å². The Hall–Kier alpha value is -2.60. The quantitative estimate of drug-likeness (QED) is 0.912. The van der Waals surface area contributed by atoms with Crippen molar-refractivity contribution in [2.24, 2.45) is 0 Å². The summed E-state index contributed by atoms with van der Waals surface area (Å²) in [5.74, 6) is -0.665. The van der Waals surface area contributed by atoms with E-state index in [4.69, 9.17) is 16.3 Å². The Bertz CT molecular complexity index is 821. The topological polar surface area (TPSA) is 58.6 Å². The highest BCUT2D eigenvalue weighted by Crippen LogP contribution is 2.26. The van der Waals surface area contributed by atoms with Crippen LogP contribution in [-0.2, 0) is 11.2 Å². The summed E-state index contributed by atoms with van der Waals surface area (Å²) in [6, 6.07) is 9.09. The molecule has 1 heterocycles. The first-order chi connectivity index (χ1) is 12.0. The predicted molar refractivity (Wildman–Crippen MR) is 92.6 cm³/mol. The van der Waals surface area contributed by atoms with Crippen LogP contribution in [0.25, 0.3) is 0 Å². The molecule has 1 N–H and O–H groups in total. The fourth-order valence-electron chi connectivity index (χ4n) is 2.57. The van der Waals surface area contributed by atoms with Crippen molar-refractivity contribution in [1.82, 2.24) is 4.90 Å². The average molecular weight is 363 g/mol. The molecule has 5 nitrogen and oxygen atoms in total. The van der Waals surface area contributed by atoms with Crippen LogP contribution >= 0.6 is 11.6 Å². The monoisotopic (exact) mass is 362 g/mol. The van der Waals surface area contributed by atoms with E-state index in [0.29, 0.717) is 30.2 Å². The SMILES string of the molecule is CN1CCOc2ccc(NC(=O)Cc3c(F)cccc3Cl)cc2C1=O. The molecule has 1 aliphatic rings. The van der Waals surface area contributed by atoms with Crippen LogP contribution in [0.1, 0.15) is 15.9 Å². The maximum Gasteiger partial charge on any atom is 0.257 e. The lowest BCUT2D eigenvalue weighted by atomic mass is 10.1. The van der Waals surface area contributed by atoms with Crippen LogP contribution in [0.15, 0.2) is 36.4 Å². The van der Waals surface area contributed by atoms with E-state index >= 15 is 0 Å². The molecule has 0 aliphatic carbocycles. The van der Waals surface area contributed by atoms with Crippen molar-refractivity contribution in [3.63, 3.8) is 0 Å². The van der Waals surface area contributed by atoms with E-state index in [1.807, 2.05) is 0 Å². The molecule has 25 heavy (non-hydrogen) atoms. The van der Waals surface area contributed by atoms with Crippen LogP contribution < -0.4 is 10.1 Å². The van der Waals surface area contributed by atoms with Crippen molar-refractivity contribution in [3.05, 3.63) is 58.4 Å². The number of carbonyl (C=O) groups is 2. The van der Waals surface area contributed by atoms with Crippen LogP contribution in [-0.4, -0.2) is 36.9 Å². The molecule has 7 heteroatoms. The van der Waals surface area contributed by atoms with E-state index in [0.717, 1.165) is 0 Å². The van der Waals surface area contributed by atoms with Crippen molar-refractivity contribution in [2.75, 3.05) is 25.5 Å². The third-order valence-corrected chi connectivity index (χ3v) is 4.28. The zero-order chi connectivity index (χ0) is 18.0. The van der Waals surface area contributed by atoms with Crippen molar-refractivity contribution >= 4 is 29.1 Å². The van der Waals surface area contributed by atoms with Gasteiger partial charge >= 0.3 is 0 Å². The van der Waals surface area contributed by atoms with Crippen LogP contribution in [0, 0.1) is 5.82 Å². The molecule has 0 saturated heterocycles. The average Bonchev–Trinajstić information content (AvgIpc) is 2.71. The number of nitrogens with one attached hydrogen (secondary N) is 1.